The summed E-state index contributed by atoms with van der Waals surface area (Å²) in [6.45, 7) is 1.93. The lowest BCUT2D eigenvalue weighted by molar-refractivity contribution is -0.112. The number of methoxy groups -OCH3 is 1. The summed E-state index contributed by atoms with van der Waals surface area (Å²) in [5.41, 5.74) is 3.13. The molecule has 0 amide bonds. The van der Waals surface area contributed by atoms with Gasteiger partial charge in [0.05, 0.1) is 7.11 Å². The summed E-state index contributed by atoms with van der Waals surface area (Å²) in [7, 11) is 1.68. The van der Waals surface area contributed by atoms with Crippen LogP contribution in [0.1, 0.15) is 44.6 Å². The molecular weight excluding hydrogens is 260 g/mol. The van der Waals surface area contributed by atoms with Crippen LogP contribution in [0, 0.1) is 0 Å². The summed E-state index contributed by atoms with van der Waals surface area (Å²) in [6, 6.07) is 8.10. The summed E-state index contributed by atoms with van der Waals surface area (Å²) < 4.78 is 5.22. The fraction of sp³-hybridized carbons (Fsp3) is 0.421. The van der Waals surface area contributed by atoms with E-state index in [0.29, 0.717) is 0 Å². The number of carbonyl (C=O) groups excluding carboxylic acids is 1. The Morgan fingerprint density at radius 3 is 2.90 bits per heavy atom. The van der Waals surface area contributed by atoms with Crippen molar-refractivity contribution in [3.63, 3.8) is 0 Å². The van der Waals surface area contributed by atoms with Gasteiger partial charge in [-0.15, -0.1) is 0 Å². The van der Waals surface area contributed by atoms with Gasteiger partial charge in [-0.2, -0.15) is 0 Å². The van der Waals surface area contributed by atoms with Crippen LogP contribution in [0.25, 0.3) is 0 Å². The van der Waals surface area contributed by atoms with Gasteiger partial charge in [0, 0.05) is 0 Å². The molecule has 0 spiro atoms. The Morgan fingerprint density at radius 2 is 2.19 bits per heavy atom. The molecule has 0 bridgehead atoms. The molecule has 0 aromatic heterocycles. The van der Waals surface area contributed by atoms with Crippen LogP contribution in [-0.4, -0.2) is 12.9 Å². The molecule has 0 radical (unpaired) electrons. The zero-order chi connectivity index (χ0) is 15.1. The molecule has 0 aliphatic heterocycles. The zero-order valence-corrected chi connectivity index (χ0v) is 13.0. The monoisotopic (exact) mass is 284 g/mol. The Kier molecular flexibility index (Phi) is 5.79. The van der Waals surface area contributed by atoms with Gasteiger partial charge in [-0.3, -0.25) is 4.79 Å². The van der Waals surface area contributed by atoms with E-state index in [9.17, 15) is 4.79 Å². The van der Waals surface area contributed by atoms with E-state index in [1.54, 1.807) is 7.11 Å². The summed E-state index contributed by atoms with van der Waals surface area (Å²) in [4.78, 5) is 12.3. The van der Waals surface area contributed by atoms with Gasteiger partial charge in [-0.05, 0) is 74.3 Å². The second kappa shape index (κ2) is 7.82. The average Bonchev–Trinajstić information content (AvgIpc) is 2.55. The lowest BCUT2D eigenvalue weighted by Crippen LogP contribution is -2.07. The first-order valence-corrected chi connectivity index (χ1v) is 7.74. The van der Waals surface area contributed by atoms with Crippen LogP contribution < -0.4 is 4.74 Å². The van der Waals surface area contributed by atoms with E-state index in [2.05, 4.69) is 24.3 Å². The number of Topliss-reactive ketones (excluding diaryl/α,β-unsaturated/α-hetero) is 1. The predicted molar refractivity (Wildman–Crippen MR) is 86.6 cm³/mol. The molecule has 1 aromatic carbocycles. The molecule has 0 heterocycles. The Labute approximate surface area is 127 Å². The molecule has 112 valence electrons. The molecule has 1 aliphatic rings. The first kappa shape index (κ1) is 15.6. The van der Waals surface area contributed by atoms with Crippen LogP contribution in [0.15, 0.2) is 47.6 Å². The van der Waals surface area contributed by atoms with Gasteiger partial charge in [0.2, 0.25) is 0 Å². The van der Waals surface area contributed by atoms with E-state index in [-0.39, 0.29) is 5.78 Å². The molecule has 2 nitrogen and oxygen atoms in total. The third-order valence-corrected chi connectivity index (χ3v) is 3.96. The van der Waals surface area contributed by atoms with Gasteiger partial charge < -0.3 is 4.74 Å². The zero-order valence-electron chi connectivity index (χ0n) is 13.0. The summed E-state index contributed by atoms with van der Waals surface area (Å²) in [5.74, 6) is 1.12. The van der Waals surface area contributed by atoms with E-state index in [1.165, 1.54) is 12.0 Å². The lowest BCUT2D eigenvalue weighted by atomic mass is 9.93. The van der Waals surface area contributed by atoms with E-state index in [1.807, 2.05) is 19.1 Å². The maximum atomic E-state index is 12.3. The van der Waals surface area contributed by atoms with E-state index < -0.39 is 0 Å². The van der Waals surface area contributed by atoms with Gasteiger partial charge in [0.25, 0.3) is 0 Å². The van der Waals surface area contributed by atoms with Crippen LogP contribution in [-0.2, 0) is 11.2 Å². The van der Waals surface area contributed by atoms with Crippen molar-refractivity contribution < 1.29 is 9.53 Å². The predicted octanol–water partition coefficient (Wildman–Crippen LogP) is 4.64. The Morgan fingerprint density at radius 1 is 1.33 bits per heavy atom. The number of ether oxygens (including phenoxy) is 1. The molecule has 2 heteroatoms. The number of rotatable bonds is 6. The molecule has 21 heavy (non-hydrogen) atoms. The van der Waals surface area contributed by atoms with Gasteiger partial charge in [0.15, 0.2) is 5.78 Å². The number of hydrogen-bond donors (Lipinski definition) is 0. The average molecular weight is 284 g/mol. The Balaban J connectivity index is 1.90. The van der Waals surface area contributed by atoms with E-state index in [0.717, 1.165) is 49.0 Å². The van der Waals surface area contributed by atoms with Crippen molar-refractivity contribution in [3.8, 4) is 5.75 Å². The van der Waals surface area contributed by atoms with Crippen molar-refractivity contribution in [3.05, 3.63) is 53.1 Å². The van der Waals surface area contributed by atoms with Gasteiger partial charge in [0.1, 0.15) is 5.75 Å². The maximum absolute atomic E-state index is 12.3. The highest BCUT2D eigenvalue weighted by Gasteiger charge is 2.13. The minimum atomic E-state index is 0.236. The quantitative estimate of drug-likeness (QED) is 0.711. The number of allylic oxidation sites excluding steroid dienone is 4. The standard InChI is InChI=1S/C19H24O2/c1-15(19(20)17-11-4-3-5-12-17)8-6-9-16-10-7-13-18(14-16)21-2/h7-8,10-11,13-14H,3-6,9,12H2,1-2H3/b15-8+. The molecule has 2 rings (SSSR count). The summed E-state index contributed by atoms with van der Waals surface area (Å²) in [6.07, 6.45) is 10.4. The Hall–Kier alpha value is -1.83. The van der Waals surface area contributed by atoms with E-state index in [4.69, 9.17) is 4.74 Å². The highest BCUT2D eigenvalue weighted by atomic mass is 16.5. The van der Waals surface area contributed by atoms with Gasteiger partial charge >= 0.3 is 0 Å². The molecule has 0 saturated heterocycles. The molecule has 0 saturated carbocycles. The second-order valence-electron chi connectivity index (χ2n) is 5.58. The van der Waals surface area contributed by atoms with Crippen LogP contribution in [0.5, 0.6) is 5.75 Å². The number of benzene rings is 1. The van der Waals surface area contributed by atoms with Crippen LogP contribution in [0.3, 0.4) is 0 Å². The fourth-order valence-electron chi connectivity index (χ4n) is 2.67. The molecule has 0 fully saturated rings. The first-order chi connectivity index (χ1) is 10.2. The highest BCUT2D eigenvalue weighted by molar-refractivity contribution is 6.07. The third-order valence-electron chi connectivity index (χ3n) is 3.96. The number of ketones is 1. The molecule has 0 N–H and O–H groups in total. The fourth-order valence-corrected chi connectivity index (χ4v) is 2.67. The topological polar surface area (TPSA) is 26.3 Å². The number of hydrogen-bond acceptors (Lipinski definition) is 2. The lowest BCUT2D eigenvalue weighted by Gasteiger charge is -2.11. The molecule has 0 unspecified atom stereocenters. The number of aryl methyl sites for hydroxylation is 1. The minimum Gasteiger partial charge on any atom is -0.497 e. The van der Waals surface area contributed by atoms with Crippen molar-refractivity contribution in [2.75, 3.05) is 7.11 Å². The number of carbonyl (C=O) groups is 1. The van der Waals surface area contributed by atoms with Crippen LogP contribution in [0.2, 0.25) is 0 Å². The molecular formula is C19H24O2. The summed E-state index contributed by atoms with van der Waals surface area (Å²) in [5, 5.41) is 0. The minimum absolute atomic E-state index is 0.236. The largest absolute Gasteiger partial charge is 0.497 e. The molecule has 1 aromatic rings. The van der Waals surface area contributed by atoms with Gasteiger partial charge in [-0.25, -0.2) is 0 Å². The normalized spacial score (nSPS) is 15.5. The molecule has 1 aliphatic carbocycles. The highest BCUT2D eigenvalue weighted by Crippen LogP contribution is 2.21. The third kappa shape index (κ3) is 4.59. The maximum Gasteiger partial charge on any atom is 0.184 e. The summed E-state index contributed by atoms with van der Waals surface area (Å²) >= 11 is 0. The van der Waals surface area contributed by atoms with Crippen LogP contribution in [0.4, 0.5) is 0 Å². The SMILES string of the molecule is COc1cccc(CC/C=C(\C)C(=O)C2=CCCCC2)c1. The van der Waals surface area contributed by atoms with Crippen molar-refractivity contribution in [2.24, 2.45) is 0 Å². The van der Waals surface area contributed by atoms with Crippen LogP contribution >= 0.6 is 0 Å². The smallest absolute Gasteiger partial charge is 0.184 e. The second-order valence-corrected chi connectivity index (χ2v) is 5.58. The van der Waals surface area contributed by atoms with E-state index >= 15 is 0 Å². The van der Waals surface area contributed by atoms with Crippen molar-refractivity contribution in [1.29, 1.82) is 0 Å². The van der Waals surface area contributed by atoms with Crippen molar-refractivity contribution in [2.45, 2.75) is 45.4 Å². The molecule has 0 atom stereocenters. The van der Waals surface area contributed by atoms with Crippen molar-refractivity contribution >= 4 is 5.78 Å². The first-order valence-electron chi connectivity index (χ1n) is 7.74. The van der Waals surface area contributed by atoms with Crippen molar-refractivity contribution in [1.82, 2.24) is 0 Å². The Bertz CT molecular complexity index is 552. The van der Waals surface area contributed by atoms with Gasteiger partial charge in [-0.1, -0.05) is 24.3 Å².